The Kier molecular flexibility index (Phi) is 5.34. The molecule has 26 heavy (non-hydrogen) atoms. The van der Waals surface area contributed by atoms with E-state index in [-0.39, 0.29) is 23.2 Å². The van der Waals surface area contributed by atoms with Crippen molar-refractivity contribution in [2.24, 2.45) is 0 Å². The molecule has 9 heteroatoms. The van der Waals surface area contributed by atoms with E-state index in [1.807, 2.05) is 0 Å². The third-order valence-corrected chi connectivity index (χ3v) is 4.68. The summed E-state index contributed by atoms with van der Waals surface area (Å²) in [6.45, 7) is 0. The van der Waals surface area contributed by atoms with Crippen LogP contribution in [0.25, 0.3) is 0 Å². The molecule has 0 spiro atoms. The number of hydrogen-bond acceptors (Lipinski definition) is 5. The molecule has 0 aliphatic rings. The van der Waals surface area contributed by atoms with E-state index < -0.39 is 15.8 Å². The van der Waals surface area contributed by atoms with Crippen LogP contribution in [0.2, 0.25) is 5.02 Å². The first-order valence-electron chi connectivity index (χ1n) is 7.41. The molecular weight excluding hydrogens is 381 g/mol. The lowest BCUT2D eigenvalue weighted by Crippen LogP contribution is -2.15. The number of halogens is 2. The van der Waals surface area contributed by atoms with Crippen molar-refractivity contribution in [3.8, 4) is 11.8 Å². The average molecular weight is 394 g/mol. The summed E-state index contributed by atoms with van der Waals surface area (Å²) in [5.41, 5.74) is 0.707. The van der Waals surface area contributed by atoms with Crippen LogP contribution in [0.3, 0.4) is 0 Å². The van der Waals surface area contributed by atoms with Gasteiger partial charge in [-0.25, -0.2) is 22.8 Å². The summed E-state index contributed by atoms with van der Waals surface area (Å²) in [5, 5.41) is 0.454. The van der Waals surface area contributed by atoms with Crippen LogP contribution in [-0.4, -0.2) is 18.4 Å². The van der Waals surface area contributed by atoms with Gasteiger partial charge in [-0.1, -0.05) is 35.9 Å². The molecule has 0 atom stereocenters. The number of rotatable bonds is 6. The van der Waals surface area contributed by atoms with Crippen LogP contribution in [0.5, 0.6) is 11.8 Å². The van der Waals surface area contributed by atoms with Gasteiger partial charge in [-0.15, -0.1) is 0 Å². The maximum Gasteiger partial charge on any atom is 0.322 e. The van der Waals surface area contributed by atoms with E-state index in [0.717, 1.165) is 0 Å². The van der Waals surface area contributed by atoms with E-state index in [1.165, 1.54) is 30.6 Å². The maximum atomic E-state index is 13.5. The second-order valence-electron chi connectivity index (χ2n) is 5.28. The lowest BCUT2D eigenvalue weighted by molar-refractivity contribution is 0.411. The van der Waals surface area contributed by atoms with Crippen LogP contribution in [0, 0.1) is 5.82 Å². The first kappa shape index (κ1) is 18.1. The zero-order valence-electron chi connectivity index (χ0n) is 13.3. The normalized spacial score (nSPS) is 11.2. The second kappa shape index (κ2) is 7.67. The number of ether oxygens (including phenoxy) is 1. The highest BCUT2D eigenvalue weighted by atomic mass is 35.5. The van der Waals surface area contributed by atoms with E-state index in [2.05, 4.69) is 14.7 Å². The molecule has 0 radical (unpaired) electrons. The molecule has 0 bridgehead atoms. The molecule has 6 nitrogen and oxygen atoms in total. The summed E-state index contributed by atoms with van der Waals surface area (Å²) in [5.74, 6) is -0.828. The molecule has 1 heterocycles. The topological polar surface area (TPSA) is 81.2 Å². The van der Waals surface area contributed by atoms with Gasteiger partial charge in [0.25, 0.3) is 0 Å². The Morgan fingerprint density at radius 3 is 2.50 bits per heavy atom. The molecule has 0 aliphatic carbocycles. The van der Waals surface area contributed by atoms with Crippen molar-refractivity contribution >= 4 is 27.3 Å². The molecule has 1 N–H and O–H groups in total. The summed E-state index contributed by atoms with van der Waals surface area (Å²) >= 11 is 5.85. The maximum absolute atomic E-state index is 13.5. The molecule has 0 unspecified atom stereocenters. The summed E-state index contributed by atoms with van der Waals surface area (Å²) in [6, 6.07) is 12.3. The molecule has 0 saturated heterocycles. The molecule has 3 rings (SSSR count). The van der Waals surface area contributed by atoms with E-state index >= 15 is 0 Å². The fourth-order valence-electron chi connectivity index (χ4n) is 2.11. The first-order valence-corrected chi connectivity index (χ1v) is 9.44. The van der Waals surface area contributed by atoms with Crippen molar-refractivity contribution in [2.45, 2.75) is 5.75 Å². The van der Waals surface area contributed by atoms with Gasteiger partial charge in [-0.3, -0.25) is 4.72 Å². The molecule has 2 aromatic carbocycles. The molecule has 134 valence electrons. The largest absolute Gasteiger partial charge is 0.421 e. The Bertz CT molecular complexity index is 1010. The third kappa shape index (κ3) is 4.90. The third-order valence-electron chi connectivity index (χ3n) is 3.19. The Balaban J connectivity index is 1.67. The van der Waals surface area contributed by atoms with Crippen molar-refractivity contribution in [3.05, 3.63) is 77.3 Å². The van der Waals surface area contributed by atoms with E-state index in [1.54, 1.807) is 30.3 Å². The van der Waals surface area contributed by atoms with Gasteiger partial charge in [0, 0.05) is 5.02 Å². The fraction of sp³-hybridized carbons (Fsp3) is 0.0588. The highest BCUT2D eigenvalue weighted by Gasteiger charge is 2.13. The minimum absolute atomic E-state index is 0.0261. The fourth-order valence-corrected chi connectivity index (χ4v) is 3.48. The first-order chi connectivity index (χ1) is 12.4. The highest BCUT2D eigenvalue weighted by molar-refractivity contribution is 7.91. The predicted octanol–water partition coefficient (Wildman–Crippen LogP) is 4.00. The zero-order valence-corrected chi connectivity index (χ0v) is 14.8. The van der Waals surface area contributed by atoms with Gasteiger partial charge in [0.05, 0.1) is 23.8 Å². The van der Waals surface area contributed by atoms with Crippen molar-refractivity contribution < 1.29 is 17.5 Å². The monoisotopic (exact) mass is 393 g/mol. The Labute approximate surface area is 154 Å². The quantitative estimate of drug-likeness (QED) is 0.684. The van der Waals surface area contributed by atoms with Crippen LogP contribution >= 0.6 is 11.6 Å². The second-order valence-corrected chi connectivity index (χ2v) is 7.44. The van der Waals surface area contributed by atoms with E-state index in [0.29, 0.717) is 10.6 Å². The van der Waals surface area contributed by atoms with Crippen LogP contribution in [0.1, 0.15) is 5.56 Å². The number of hydrogen-bond donors (Lipinski definition) is 1. The average Bonchev–Trinajstić information content (AvgIpc) is 2.58. The standard InChI is InChI=1S/C17H13ClFN3O3S/c18-13-5-3-4-12(8-13)11-26(23,24)22-14-9-20-17(21-10-14)25-16-7-2-1-6-15(16)19/h1-10,22H,11H2. The zero-order chi connectivity index (χ0) is 18.6. The van der Waals surface area contributed by atoms with Crippen LogP contribution in [0.4, 0.5) is 10.1 Å². The molecule has 0 aliphatic heterocycles. The van der Waals surface area contributed by atoms with Gasteiger partial charge in [0.1, 0.15) is 0 Å². The summed E-state index contributed by atoms with van der Waals surface area (Å²) in [7, 11) is -3.67. The van der Waals surface area contributed by atoms with Crippen LogP contribution in [-0.2, 0) is 15.8 Å². The van der Waals surface area contributed by atoms with Gasteiger partial charge in [-0.2, -0.15) is 0 Å². The van der Waals surface area contributed by atoms with E-state index in [4.69, 9.17) is 16.3 Å². The SMILES string of the molecule is O=S(=O)(Cc1cccc(Cl)c1)Nc1cnc(Oc2ccccc2F)nc1. The Morgan fingerprint density at radius 2 is 1.81 bits per heavy atom. The smallest absolute Gasteiger partial charge is 0.322 e. The van der Waals surface area contributed by atoms with Crippen molar-refractivity contribution in [3.63, 3.8) is 0 Å². The molecule has 0 fully saturated rings. The lowest BCUT2D eigenvalue weighted by Gasteiger charge is -2.09. The number of nitrogens with zero attached hydrogens (tertiary/aromatic N) is 2. The molecule has 3 aromatic rings. The van der Waals surface area contributed by atoms with E-state index in [9.17, 15) is 12.8 Å². The number of aromatic nitrogens is 2. The number of anilines is 1. The summed E-state index contributed by atoms with van der Waals surface area (Å²) < 4.78 is 45.5. The predicted molar refractivity (Wildman–Crippen MR) is 96.2 cm³/mol. The number of para-hydroxylation sites is 1. The Hall–Kier alpha value is -2.71. The molecule has 1 aromatic heterocycles. The minimum Gasteiger partial charge on any atom is -0.421 e. The summed E-state index contributed by atoms with van der Waals surface area (Å²) in [4.78, 5) is 7.74. The molecular formula is C17H13ClFN3O3S. The minimum atomic E-state index is -3.67. The number of benzene rings is 2. The highest BCUT2D eigenvalue weighted by Crippen LogP contribution is 2.22. The van der Waals surface area contributed by atoms with Gasteiger partial charge in [0.15, 0.2) is 11.6 Å². The van der Waals surface area contributed by atoms with Crippen LogP contribution < -0.4 is 9.46 Å². The van der Waals surface area contributed by atoms with Gasteiger partial charge >= 0.3 is 6.01 Å². The Morgan fingerprint density at radius 1 is 1.08 bits per heavy atom. The number of nitrogens with one attached hydrogen (secondary N) is 1. The van der Waals surface area contributed by atoms with Gasteiger partial charge < -0.3 is 4.74 Å². The molecule has 0 saturated carbocycles. The molecule has 0 amide bonds. The van der Waals surface area contributed by atoms with Crippen molar-refractivity contribution in [2.75, 3.05) is 4.72 Å². The van der Waals surface area contributed by atoms with Crippen molar-refractivity contribution in [1.82, 2.24) is 9.97 Å². The summed E-state index contributed by atoms with van der Waals surface area (Å²) in [6.07, 6.45) is 2.47. The van der Waals surface area contributed by atoms with Crippen LogP contribution in [0.15, 0.2) is 60.9 Å². The van der Waals surface area contributed by atoms with Gasteiger partial charge in [0.2, 0.25) is 10.0 Å². The van der Waals surface area contributed by atoms with Gasteiger partial charge in [-0.05, 0) is 29.8 Å². The van der Waals surface area contributed by atoms with Crippen molar-refractivity contribution in [1.29, 1.82) is 0 Å². The number of sulfonamides is 1. The lowest BCUT2D eigenvalue weighted by atomic mass is 10.2.